The van der Waals surface area contributed by atoms with Gasteiger partial charge < -0.3 is 5.73 Å². The SMILES string of the molecule is CCc1c(N)n[nH]c1C12CCC(CC1)C2. The quantitative estimate of drug-likeness (QED) is 0.779. The zero-order valence-electron chi connectivity index (χ0n) is 9.34. The van der Waals surface area contributed by atoms with Gasteiger partial charge in [0.05, 0.1) is 0 Å². The van der Waals surface area contributed by atoms with Crippen LogP contribution in [0.4, 0.5) is 5.82 Å². The van der Waals surface area contributed by atoms with Gasteiger partial charge in [0.1, 0.15) is 5.82 Å². The van der Waals surface area contributed by atoms with Gasteiger partial charge in [0, 0.05) is 16.7 Å². The predicted octanol–water partition coefficient (Wildman–Crippen LogP) is 2.39. The first-order valence-electron chi connectivity index (χ1n) is 6.08. The molecule has 3 nitrogen and oxygen atoms in total. The zero-order valence-corrected chi connectivity index (χ0v) is 9.34. The van der Waals surface area contributed by atoms with Gasteiger partial charge in [-0.25, -0.2) is 0 Å². The number of nitrogen functional groups attached to an aromatic ring is 1. The Morgan fingerprint density at radius 3 is 2.73 bits per heavy atom. The van der Waals surface area contributed by atoms with Gasteiger partial charge in [-0.2, -0.15) is 5.10 Å². The lowest BCUT2D eigenvalue weighted by molar-refractivity contribution is 0.406. The average molecular weight is 205 g/mol. The third-order valence-corrected chi connectivity index (χ3v) is 4.52. The smallest absolute Gasteiger partial charge is 0.148 e. The molecule has 2 saturated carbocycles. The van der Waals surface area contributed by atoms with Gasteiger partial charge in [-0.05, 0) is 44.4 Å². The Morgan fingerprint density at radius 2 is 2.20 bits per heavy atom. The molecule has 0 aromatic carbocycles. The molecule has 3 rings (SSSR count). The second kappa shape index (κ2) is 3.00. The Kier molecular flexibility index (Phi) is 1.85. The molecule has 0 spiro atoms. The van der Waals surface area contributed by atoms with Crippen LogP contribution in [0.5, 0.6) is 0 Å². The Balaban J connectivity index is 2.05. The second-order valence-electron chi connectivity index (χ2n) is 5.24. The Hall–Kier alpha value is -0.990. The number of aromatic amines is 1. The Morgan fingerprint density at radius 1 is 1.47 bits per heavy atom. The van der Waals surface area contributed by atoms with E-state index in [9.17, 15) is 0 Å². The molecule has 2 fully saturated rings. The number of nitrogens with one attached hydrogen (secondary N) is 1. The lowest BCUT2D eigenvalue weighted by atomic mass is 9.79. The number of rotatable bonds is 2. The number of nitrogens with zero attached hydrogens (tertiary/aromatic N) is 1. The molecule has 3 N–H and O–H groups in total. The van der Waals surface area contributed by atoms with E-state index in [-0.39, 0.29) is 0 Å². The van der Waals surface area contributed by atoms with Crippen molar-refractivity contribution in [2.24, 2.45) is 5.92 Å². The molecular formula is C12H19N3. The van der Waals surface area contributed by atoms with E-state index in [1.807, 2.05) is 0 Å². The Bertz CT molecular complexity index is 372. The van der Waals surface area contributed by atoms with Crippen LogP contribution in [-0.4, -0.2) is 10.2 Å². The van der Waals surface area contributed by atoms with Crippen LogP contribution in [0.3, 0.4) is 0 Å². The highest BCUT2D eigenvalue weighted by Crippen LogP contribution is 2.55. The molecule has 0 unspecified atom stereocenters. The van der Waals surface area contributed by atoms with Crippen molar-refractivity contribution in [3.63, 3.8) is 0 Å². The normalized spacial score (nSPS) is 33.8. The minimum Gasteiger partial charge on any atom is -0.382 e. The standard InChI is InChI=1S/C12H19N3/c1-2-9-10(14-15-11(9)13)12-5-3-8(7-12)4-6-12/h8H,2-7H2,1H3,(H3,13,14,15). The maximum Gasteiger partial charge on any atom is 0.148 e. The molecule has 0 radical (unpaired) electrons. The number of fused-ring (bicyclic) bond motifs is 2. The van der Waals surface area contributed by atoms with Gasteiger partial charge in [0.25, 0.3) is 0 Å². The average Bonchev–Trinajstić information content (AvgIpc) is 2.90. The summed E-state index contributed by atoms with van der Waals surface area (Å²) in [6.45, 7) is 2.17. The third-order valence-electron chi connectivity index (χ3n) is 4.52. The molecule has 2 bridgehead atoms. The van der Waals surface area contributed by atoms with E-state index < -0.39 is 0 Å². The Labute approximate surface area is 90.4 Å². The molecule has 0 atom stereocenters. The third kappa shape index (κ3) is 1.15. The summed E-state index contributed by atoms with van der Waals surface area (Å²) in [5.41, 5.74) is 8.96. The summed E-state index contributed by atoms with van der Waals surface area (Å²) in [6, 6.07) is 0. The van der Waals surface area contributed by atoms with Crippen molar-refractivity contribution in [2.45, 2.75) is 50.9 Å². The molecule has 2 aliphatic carbocycles. The maximum absolute atomic E-state index is 5.90. The molecule has 0 amide bonds. The lowest BCUT2D eigenvalue weighted by Gasteiger charge is -2.26. The van der Waals surface area contributed by atoms with Crippen molar-refractivity contribution in [1.29, 1.82) is 0 Å². The van der Waals surface area contributed by atoms with E-state index in [0.717, 1.165) is 18.2 Å². The monoisotopic (exact) mass is 205 g/mol. The maximum atomic E-state index is 5.90. The molecule has 15 heavy (non-hydrogen) atoms. The zero-order chi connectivity index (χ0) is 10.5. The van der Waals surface area contributed by atoms with E-state index in [0.29, 0.717) is 5.41 Å². The van der Waals surface area contributed by atoms with Crippen LogP contribution in [0.25, 0.3) is 0 Å². The van der Waals surface area contributed by atoms with Crippen LogP contribution in [-0.2, 0) is 11.8 Å². The number of nitrogens with two attached hydrogens (primary N) is 1. The fourth-order valence-electron chi connectivity index (χ4n) is 3.72. The first-order valence-corrected chi connectivity index (χ1v) is 6.08. The van der Waals surface area contributed by atoms with Gasteiger partial charge in [-0.3, -0.25) is 5.10 Å². The van der Waals surface area contributed by atoms with Crippen LogP contribution < -0.4 is 5.73 Å². The number of aromatic nitrogens is 2. The first kappa shape index (κ1) is 9.25. The van der Waals surface area contributed by atoms with Crippen molar-refractivity contribution < 1.29 is 0 Å². The van der Waals surface area contributed by atoms with Crippen LogP contribution in [0.1, 0.15) is 50.3 Å². The highest BCUT2D eigenvalue weighted by molar-refractivity contribution is 5.46. The van der Waals surface area contributed by atoms with Gasteiger partial charge in [-0.1, -0.05) is 6.92 Å². The van der Waals surface area contributed by atoms with Gasteiger partial charge in [-0.15, -0.1) is 0 Å². The molecule has 0 saturated heterocycles. The minimum atomic E-state index is 0.417. The largest absolute Gasteiger partial charge is 0.382 e. The molecule has 0 aliphatic heterocycles. The topological polar surface area (TPSA) is 54.7 Å². The summed E-state index contributed by atoms with van der Waals surface area (Å²) in [4.78, 5) is 0. The van der Waals surface area contributed by atoms with Crippen molar-refractivity contribution in [3.05, 3.63) is 11.3 Å². The predicted molar refractivity (Wildman–Crippen MR) is 60.6 cm³/mol. The van der Waals surface area contributed by atoms with E-state index in [1.54, 1.807) is 0 Å². The molecular weight excluding hydrogens is 186 g/mol. The highest BCUT2D eigenvalue weighted by atomic mass is 15.2. The molecule has 1 heterocycles. The fraction of sp³-hybridized carbons (Fsp3) is 0.750. The van der Waals surface area contributed by atoms with E-state index in [1.165, 1.54) is 43.4 Å². The summed E-state index contributed by atoms with van der Waals surface area (Å²) < 4.78 is 0. The summed E-state index contributed by atoms with van der Waals surface area (Å²) >= 11 is 0. The summed E-state index contributed by atoms with van der Waals surface area (Å²) in [7, 11) is 0. The van der Waals surface area contributed by atoms with Crippen molar-refractivity contribution in [1.82, 2.24) is 10.2 Å². The van der Waals surface area contributed by atoms with Gasteiger partial charge in [0.2, 0.25) is 0 Å². The highest BCUT2D eigenvalue weighted by Gasteiger charge is 2.47. The minimum absolute atomic E-state index is 0.417. The van der Waals surface area contributed by atoms with Crippen molar-refractivity contribution >= 4 is 5.82 Å². The fourth-order valence-corrected chi connectivity index (χ4v) is 3.72. The van der Waals surface area contributed by atoms with Gasteiger partial charge in [0.15, 0.2) is 0 Å². The van der Waals surface area contributed by atoms with E-state index >= 15 is 0 Å². The van der Waals surface area contributed by atoms with Crippen molar-refractivity contribution in [2.75, 3.05) is 5.73 Å². The van der Waals surface area contributed by atoms with Crippen LogP contribution in [0.15, 0.2) is 0 Å². The number of anilines is 1. The lowest BCUT2D eigenvalue weighted by Crippen LogP contribution is -2.21. The van der Waals surface area contributed by atoms with Crippen LogP contribution in [0, 0.1) is 5.92 Å². The van der Waals surface area contributed by atoms with Crippen LogP contribution in [0.2, 0.25) is 0 Å². The number of H-pyrrole nitrogens is 1. The van der Waals surface area contributed by atoms with E-state index in [4.69, 9.17) is 5.73 Å². The number of hydrogen-bond donors (Lipinski definition) is 2. The van der Waals surface area contributed by atoms with Crippen LogP contribution >= 0.6 is 0 Å². The summed E-state index contributed by atoms with van der Waals surface area (Å²) in [5.74, 6) is 1.69. The van der Waals surface area contributed by atoms with E-state index in [2.05, 4.69) is 17.1 Å². The molecule has 1 aromatic rings. The summed E-state index contributed by atoms with van der Waals surface area (Å²) in [5, 5.41) is 7.41. The molecule has 3 heteroatoms. The number of hydrogen-bond acceptors (Lipinski definition) is 2. The molecule has 2 aliphatic rings. The first-order chi connectivity index (χ1) is 7.25. The van der Waals surface area contributed by atoms with Crippen molar-refractivity contribution in [3.8, 4) is 0 Å². The molecule has 82 valence electrons. The molecule has 1 aromatic heterocycles. The summed E-state index contributed by atoms with van der Waals surface area (Å²) in [6.07, 6.45) is 7.86. The van der Waals surface area contributed by atoms with Gasteiger partial charge >= 0.3 is 0 Å². The second-order valence-corrected chi connectivity index (χ2v) is 5.24.